The molecule has 0 saturated heterocycles. The van der Waals surface area contributed by atoms with E-state index in [0.717, 1.165) is 17.1 Å². The smallest absolute Gasteiger partial charge is 0.182 e. The number of rotatable bonds is 7. The van der Waals surface area contributed by atoms with Gasteiger partial charge in [0.15, 0.2) is 5.78 Å². The first-order chi connectivity index (χ1) is 7.27. The van der Waals surface area contributed by atoms with E-state index in [-0.39, 0.29) is 0 Å². The average Bonchev–Trinajstić information content (AvgIpc) is 2.72. The van der Waals surface area contributed by atoms with Gasteiger partial charge in [0.25, 0.3) is 0 Å². The van der Waals surface area contributed by atoms with Gasteiger partial charge in [-0.3, -0.25) is 4.79 Å². The lowest BCUT2D eigenvalue weighted by molar-refractivity contribution is 0.102. The van der Waals surface area contributed by atoms with E-state index in [1.807, 2.05) is 6.07 Å². The second-order valence-corrected chi connectivity index (χ2v) is 5.72. The Morgan fingerprint density at radius 3 is 2.80 bits per heavy atom. The first-order valence-corrected chi connectivity index (χ1v) is 7.44. The molecule has 0 aliphatic heterocycles. The van der Waals surface area contributed by atoms with Gasteiger partial charge in [0.2, 0.25) is 0 Å². The lowest BCUT2D eigenvalue weighted by Gasteiger charge is -1.97. The number of thioether (sulfide) groups is 1. The van der Waals surface area contributed by atoms with Crippen LogP contribution in [0.15, 0.2) is 12.1 Å². The molecule has 3 heteroatoms. The van der Waals surface area contributed by atoms with Crippen LogP contribution in [-0.4, -0.2) is 17.3 Å². The van der Waals surface area contributed by atoms with E-state index >= 15 is 0 Å². The fraction of sp³-hybridized carbons (Fsp3) is 0.583. The van der Waals surface area contributed by atoms with Crippen molar-refractivity contribution in [3.05, 3.63) is 21.9 Å². The highest BCUT2D eigenvalue weighted by Crippen LogP contribution is 2.19. The third-order valence-electron chi connectivity index (χ3n) is 2.16. The van der Waals surface area contributed by atoms with Crippen LogP contribution in [0.2, 0.25) is 0 Å². The zero-order chi connectivity index (χ0) is 11.1. The highest BCUT2D eigenvalue weighted by atomic mass is 32.2. The maximum Gasteiger partial charge on any atom is 0.182 e. The lowest BCUT2D eigenvalue weighted by atomic mass is 10.3. The first kappa shape index (κ1) is 12.8. The quantitative estimate of drug-likeness (QED) is 0.530. The predicted octanol–water partition coefficient (Wildman–Crippen LogP) is 4.03. The molecule has 1 rings (SSSR count). The third kappa shape index (κ3) is 4.39. The molecule has 0 aliphatic carbocycles. The van der Waals surface area contributed by atoms with E-state index in [1.54, 1.807) is 23.1 Å². The van der Waals surface area contributed by atoms with Crippen molar-refractivity contribution in [2.24, 2.45) is 0 Å². The molecule has 84 valence electrons. The van der Waals surface area contributed by atoms with E-state index in [1.165, 1.54) is 17.7 Å². The molecule has 0 unspecified atom stereocenters. The SMILES string of the molecule is CCCCSCC(=O)c1ccc(CC)s1. The summed E-state index contributed by atoms with van der Waals surface area (Å²) < 4.78 is 0. The van der Waals surface area contributed by atoms with Crippen molar-refractivity contribution in [3.8, 4) is 0 Å². The topological polar surface area (TPSA) is 17.1 Å². The molecule has 0 amide bonds. The monoisotopic (exact) mass is 242 g/mol. The molecule has 0 bridgehead atoms. The minimum atomic E-state index is 0.292. The van der Waals surface area contributed by atoms with E-state index in [4.69, 9.17) is 0 Å². The van der Waals surface area contributed by atoms with Crippen LogP contribution in [0.3, 0.4) is 0 Å². The van der Waals surface area contributed by atoms with Crippen LogP contribution in [0.1, 0.15) is 41.2 Å². The Morgan fingerprint density at radius 1 is 1.40 bits per heavy atom. The molecule has 15 heavy (non-hydrogen) atoms. The number of hydrogen-bond donors (Lipinski definition) is 0. The van der Waals surface area contributed by atoms with Crippen molar-refractivity contribution >= 4 is 28.9 Å². The Balaban J connectivity index is 2.33. The van der Waals surface area contributed by atoms with Gasteiger partial charge in [-0.1, -0.05) is 20.3 Å². The number of aryl methyl sites for hydroxylation is 1. The van der Waals surface area contributed by atoms with Crippen LogP contribution < -0.4 is 0 Å². The van der Waals surface area contributed by atoms with E-state index in [0.29, 0.717) is 11.5 Å². The molecular weight excluding hydrogens is 224 g/mol. The van der Waals surface area contributed by atoms with Crippen LogP contribution in [0.25, 0.3) is 0 Å². The maximum absolute atomic E-state index is 11.7. The number of ketones is 1. The Morgan fingerprint density at radius 2 is 2.20 bits per heavy atom. The molecule has 1 aromatic heterocycles. The van der Waals surface area contributed by atoms with Crippen molar-refractivity contribution in [2.45, 2.75) is 33.1 Å². The summed E-state index contributed by atoms with van der Waals surface area (Å²) in [6, 6.07) is 4.03. The number of thiophene rings is 1. The largest absolute Gasteiger partial charge is 0.292 e. The van der Waals surface area contributed by atoms with Gasteiger partial charge >= 0.3 is 0 Å². The molecule has 1 nitrogen and oxygen atoms in total. The van der Waals surface area contributed by atoms with Crippen molar-refractivity contribution in [1.82, 2.24) is 0 Å². The Bertz CT molecular complexity index is 304. The molecule has 1 aromatic rings. The van der Waals surface area contributed by atoms with Crippen LogP contribution in [0.5, 0.6) is 0 Å². The van der Waals surface area contributed by atoms with Crippen LogP contribution in [-0.2, 0) is 6.42 Å². The van der Waals surface area contributed by atoms with Crippen molar-refractivity contribution in [1.29, 1.82) is 0 Å². The Kier molecular flexibility index (Phi) is 6.03. The summed E-state index contributed by atoms with van der Waals surface area (Å²) in [7, 11) is 0. The third-order valence-corrected chi connectivity index (χ3v) is 4.47. The first-order valence-electron chi connectivity index (χ1n) is 5.47. The summed E-state index contributed by atoms with van der Waals surface area (Å²) in [5.74, 6) is 2.04. The fourth-order valence-electron chi connectivity index (χ4n) is 1.20. The number of unbranched alkanes of at least 4 members (excludes halogenated alkanes) is 1. The minimum Gasteiger partial charge on any atom is -0.292 e. The maximum atomic E-state index is 11.7. The van der Waals surface area contributed by atoms with Crippen LogP contribution >= 0.6 is 23.1 Å². The highest BCUT2D eigenvalue weighted by Gasteiger charge is 2.08. The minimum absolute atomic E-state index is 0.292. The van der Waals surface area contributed by atoms with Crippen LogP contribution in [0, 0.1) is 0 Å². The Hall–Kier alpha value is -0.280. The molecule has 0 aliphatic rings. The zero-order valence-corrected chi connectivity index (χ0v) is 11.0. The summed E-state index contributed by atoms with van der Waals surface area (Å²) in [4.78, 5) is 14.0. The summed E-state index contributed by atoms with van der Waals surface area (Å²) in [5.41, 5.74) is 0. The molecular formula is C12H18OS2. The number of Topliss-reactive ketones (excluding diaryl/α,β-unsaturated/α-hetero) is 1. The summed E-state index contributed by atoms with van der Waals surface area (Å²) in [5, 5.41) is 0. The van der Waals surface area contributed by atoms with E-state index in [9.17, 15) is 4.79 Å². The Labute approximate surface area is 100 Å². The fourth-order valence-corrected chi connectivity index (χ4v) is 3.15. The van der Waals surface area contributed by atoms with Gasteiger partial charge in [-0.25, -0.2) is 0 Å². The molecule has 0 aromatic carbocycles. The molecule has 0 radical (unpaired) electrons. The zero-order valence-electron chi connectivity index (χ0n) is 9.41. The average molecular weight is 242 g/mol. The molecule has 0 fully saturated rings. The lowest BCUT2D eigenvalue weighted by Crippen LogP contribution is -2.00. The van der Waals surface area contributed by atoms with Gasteiger partial charge < -0.3 is 0 Å². The summed E-state index contributed by atoms with van der Waals surface area (Å²) in [6.07, 6.45) is 3.45. The molecule has 0 N–H and O–H groups in total. The number of carbonyl (C=O) groups is 1. The van der Waals surface area contributed by atoms with E-state index < -0.39 is 0 Å². The van der Waals surface area contributed by atoms with Gasteiger partial charge in [-0.05, 0) is 30.7 Å². The second kappa shape index (κ2) is 7.07. The standard InChI is InChI=1S/C12H18OS2/c1-3-5-8-14-9-11(13)12-7-6-10(4-2)15-12/h6-7H,3-5,8-9H2,1-2H3. The highest BCUT2D eigenvalue weighted by molar-refractivity contribution is 7.99. The van der Waals surface area contributed by atoms with Crippen molar-refractivity contribution in [2.75, 3.05) is 11.5 Å². The number of carbonyl (C=O) groups excluding carboxylic acids is 1. The molecule has 1 heterocycles. The predicted molar refractivity (Wildman–Crippen MR) is 70.3 cm³/mol. The number of hydrogen-bond acceptors (Lipinski definition) is 3. The molecule has 0 atom stereocenters. The normalized spacial score (nSPS) is 10.5. The molecule has 0 saturated carbocycles. The van der Waals surface area contributed by atoms with Gasteiger partial charge in [-0.15, -0.1) is 11.3 Å². The van der Waals surface area contributed by atoms with Gasteiger partial charge in [0, 0.05) is 4.88 Å². The van der Waals surface area contributed by atoms with Crippen molar-refractivity contribution in [3.63, 3.8) is 0 Å². The summed E-state index contributed by atoms with van der Waals surface area (Å²) in [6.45, 7) is 4.30. The van der Waals surface area contributed by atoms with Gasteiger partial charge in [0.1, 0.15) is 0 Å². The van der Waals surface area contributed by atoms with Gasteiger partial charge in [0.05, 0.1) is 10.6 Å². The van der Waals surface area contributed by atoms with E-state index in [2.05, 4.69) is 19.9 Å². The van der Waals surface area contributed by atoms with Crippen LogP contribution in [0.4, 0.5) is 0 Å². The van der Waals surface area contributed by atoms with Crippen molar-refractivity contribution < 1.29 is 4.79 Å². The van der Waals surface area contributed by atoms with Gasteiger partial charge in [-0.2, -0.15) is 11.8 Å². The second-order valence-electron chi connectivity index (χ2n) is 3.45. The molecule has 0 spiro atoms. The summed E-state index contributed by atoms with van der Waals surface area (Å²) >= 11 is 3.40.